The third-order valence-corrected chi connectivity index (χ3v) is 3.05. The Morgan fingerprint density at radius 3 is 2.75 bits per heavy atom. The third kappa shape index (κ3) is 2.68. The van der Waals surface area contributed by atoms with Crippen LogP contribution in [0.1, 0.15) is 18.2 Å². The summed E-state index contributed by atoms with van der Waals surface area (Å²) in [6, 6.07) is 8.82. The van der Waals surface area contributed by atoms with Gasteiger partial charge in [-0.2, -0.15) is 5.26 Å². The quantitative estimate of drug-likeness (QED) is 0.942. The standard InChI is InChI=1S/C15H13ClN2O2/c1-3-20-14-5-4-10(16)7-12(14)11-6-9(2)18-15(19)13(11)8-17/h4-7H,3H2,1-2H3,(H,18,19). The fourth-order valence-electron chi connectivity index (χ4n) is 2.01. The smallest absolute Gasteiger partial charge is 0.266 e. The van der Waals surface area contributed by atoms with E-state index in [1.165, 1.54) is 0 Å². The van der Waals surface area contributed by atoms with E-state index in [0.717, 1.165) is 0 Å². The van der Waals surface area contributed by atoms with Crippen molar-refractivity contribution in [3.63, 3.8) is 0 Å². The highest BCUT2D eigenvalue weighted by atomic mass is 35.5. The first-order valence-electron chi connectivity index (χ1n) is 6.13. The van der Waals surface area contributed by atoms with E-state index in [2.05, 4.69) is 4.98 Å². The van der Waals surface area contributed by atoms with Gasteiger partial charge in [0.25, 0.3) is 5.56 Å². The number of hydrogen-bond acceptors (Lipinski definition) is 3. The SMILES string of the molecule is CCOc1ccc(Cl)cc1-c1cc(C)[nH]c(=O)c1C#N. The van der Waals surface area contributed by atoms with Gasteiger partial charge >= 0.3 is 0 Å². The summed E-state index contributed by atoms with van der Waals surface area (Å²) in [5.74, 6) is 0.596. The Labute approximate surface area is 121 Å². The van der Waals surface area contributed by atoms with Gasteiger partial charge < -0.3 is 9.72 Å². The highest BCUT2D eigenvalue weighted by Gasteiger charge is 2.15. The summed E-state index contributed by atoms with van der Waals surface area (Å²) < 4.78 is 5.55. The topological polar surface area (TPSA) is 65.9 Å². The van der Waals surface area contributed by atoms with Gasteiger partial charge in [-0.25, -0.2) is 0 Å². The van der Waals surface area contributed by atoms with E-state index < -0.39 is 5.56 Å². The molecule has 20 heavy (non-hydrogen) atoms. The van der Waals surface area contributed by atoms with Crippen molar-refractivity contribution in [3.05, 3.63) is 50.9 Å². The maximum absolute atomic E-state index is 11.9. The molecular formula is C15H13ClN2O2. The first-order chi connectivity index (χ1) is 9.56. The van der Waals surface area contributed by atoms with E-state index in [9.17, 15) is 10.1 Å². The number of rotatable bonds is 3. The molecule has 0 bridgehead atoms. The number of nitriles is 1. The van der Waals surface area contributed by atoms with Crippen molar-refractivity contribution in [2.24, 2.45) is 0 Å². The maximum atomic E-state index is 11.9. The normalized spacial score (nSPS) is 10.1. The maximum Gasteiger partial charge on any atom is 0.266 e. The number of nitrogens with zero attached hydrogens (tertiary/aromatic N) is 1. The Hall–Kier alpha value is -2.25. The number of halogens is 1. The predicted octanol–water partition coefficient (Wildman–Crippen LogP) is 3.27. The Morgan fingerprint density at radius 1 is 1.35 bits per heavy atom. The lowest BCUT2D eigenvalue weighted by Gasteiger charge is -2.12. The molecule has 1 heterocycles. The monoisotopic (exact) mass is 288 g/mol. The number of pyridine rings is 1. The van der Waals surface area contributed by atoms with E-state index in [1.54, 1.807) is 31.2 Å². The first kappa shape index (κ1) is 14.2. The van der Waals surface area contributed by atoms with Gasteiger partial charge in [-0.05, 0) is 38.1 Å². The molecule has 0 atom stereocenters. The number of nitrogens with one attached hydrogen (secondary N) is 1. The number of hydrogen-bond donors (Lipinski definition) is 1. The Kier molecular flexibility index (Phi) is 4.11. The van der Waals surface area contributed by atoms with Crippen LogP contribution in [0, 0.1) is 18.3 Å². The van der Waals surface area contributed by atoms with Gasteiger partial charge in [0.15, 0.2) is 0 Å². The van der Waals surface area contributed by atoms with Crippen molar-refractivity contribution in [1.82, 2.24) is 4.98 Å². The summed E-state index contributed by atoms with van der Waals surface area (Å²) in [4.78, 5) is 14.5. The average Bonchev–Trinajstić information content (AvgIpc) is 2.40. The molecule has 0 aliphatic rings. The van der Waals surface area contributed by atoms with Crippen molar-refractivity contribution >= 4 is 11.6 Å². The summed E-state index contributed by atoms with van der Waals surface area (Å²) in [5, 5.41) is 9.72. The van der Waals surface area contributed by atoms with E-state index in [1.807, 2.05) is 13.0 Å². The van der Waals surface area contributed by atoms with Crippen LogP contribution < -0.4 is 10.3 Å². The lowest BCUT2D eigenvalue weighted by molar-refractivity contribution is 0.341. The van der Waals surface area contributed by atoms with Crippen LogP contribution in [0.25, 0.3) is 11.1 Å². The van der Waals surface area contributed by atoms with E-state index >= 15 is 0 Å². The molecule has 0 saturated heterocycles. The highest BCUT2D eigenvalue weighted by molar-refractivity contribution is 6.31. The molecule has 1 aromatic heterocycles. The summed E-state index contributed by atoms with van der Waals surface area (Å²) >= 11 is 6.02. The van der Waals surface area contributed by atoms with Gasteiger partial charge in [-0.15, -0.1) is 0 Å². The van der Waals surface area contributed by atoms with Crippen molar-refractivity contribution in [2.45, 2.75) is 13.8 Å². The van der Waals surface area contributed by atoms with Crippen LogP contribution in [-0.2, 0) is 0 Å². The number of aromatic amines is 1. The van der Waals surface area contributed by atoms with Crippen molar-refractivity contribution in [2.75, 3.05) is 6.61 Å². The van der Waals surface area contributed by atoms with Gasteiger partial charge in [-0.1, -0.05) is 11.6 Å². The van der Waals surface area contributed by atoms with Gasteiger partial charge in [0.2, 0.25) is 0 Å². The molecule has 2 rings (SSSR count). The molecule has 0 spiro atoms. The molecule has 4 nitrogen and oxygen atoms in total. The van der Waals surface area contributed by atoms with Crippen LogP contribution in [0.15, 0.2) is 29.1 Å². The molecule has 0 fully saturated rings. The summed E-state index contributed by atoms with van der Waals surface area (Å²) in [6.45, 7) is 4.11. The van der Waals surface area contributed by atoms with Gasteiger partial charge in [0.05, 0.1) is 6.61 Å². The largest absolute Gasteiger partial charge is 0.493 e. The molecule has 0 amide bonds. The molecule has 102 valence electrons. The van der Waals surface area contributed by atoms with Crippen LogP contribution >= 0.6 is 11.6 Å². The molecule has 0 aliphatic heterocycles. The molecule has 0 unspecified atom stereocenters. The second-order valence-electron chi connectivity index (χ2n) is 4.26. The second kappa shape index (κ2) is 5.81. The number of H-pyrrole nitrogens is 1. The van der Waals surface area contributed by atoms with Gasteiger partial charge in [-0.3, -0.25) is 4.79 Å². The van der Waals surface area contributed by atoms with Crippen LogP contribution in [0.3, 0.4) is 0 Å². The van der Waals surface area contributed by atoms with Gasteiger partial charge in [0, 0.05) is 21.8 Å². The molecule has 2 aromatic rings. The molecule has 0 aliphatic carbocycles. The fourth-order valence-corrected chi connectivity index (χ4v) is 2.18. The Bertz CT molecular complexity index is 745. The van der Waals surface area contributed by atoms with Crippen LogP contribution in [0.2, 0.25) is 5.02 Å². The highest BCUT2D eigenvalue weighted by Crippen LogP contribution is 2.33. The molecule has 5 heteroatoms. The summed E-state index contributed by atoms with van der Waals surface area (Å²) in [7, 11) is 0. The summed E-state index contributed by atoms with van der Waals surface area (Å²) in [6.07, 6.45) is 0. The average molecular weight is 289 g/mol. The minimum Gasteiger partial charge on any atom is -0.493 e. The fraction of sp³-hybridized carbons (Fsp3) is 0.200. The first-order valence-corrected chi connectivity index (χ1v) is 6.51. The molecule has 1 aromatic carbocycles. The Morgan fingerprint density at radius 2 is 2.10 bits per heavy atom. The van der Waals surface area contributed by atoms with Crippen molar-refractivity contribution in [1.29, 1.82) is 5.26 Å². The third-order valence-electron chi connectivity index (χ3n) is 2.81. The van der Waals surface area contributed by atoms with Crippen LogP contribution in [0.4, 0.5) is 0 Å². The second-order valence-corrected chi connectivity index (χ2v) is 4.69. The van der Waals surface area contributed by atoms with Crippen LogP contribution in [0.5, 0.6) is 5.75 Å². The summed E-state index contributed by atoms with van der Waals surface area (Å²) in [5.41, 5.74) is 1.49. The van der Waals surface area contributed by atoms with E-state index in [4.69, 9.17) is 16.3 Å². The minimum atomic E-state index is -0.412. The van der Waals surface area contributed by atoms with Gasteiger partial charge in [0.1, 0.15) is 17.4 Å². The lowest BCUT2D eigenvalue weighted by Crippen LogP contribution is -2.13. The number of ether oxygens (including phenoxy) is 1. The molecular weight excluding hydrogens is 276 g/mol. The zero-order valence-electron chi connectivity index (χ0n) is 11.2. The Balaban J connectivity index is 2.77. The molecule has 1 N–H and O–H groups in total. The zero-order chi connectivity index (χ0) is 14.7. The molecule has 0 radical (unpaired) electrons. The van der Waals surface area contributed by atoms with E-state index in [-0.39, 0.29) is 5.56 Å². The minimum absolute atomic E-state index is 0.0545. The lowest BCUT2D eigenvalue weighted by atomic mass is 10.00. The van der Waals surface area contributed by atoms with Crippen molar-refractivity contribution in [3.8, 4) is 22.9 Å². The predicted molar refractivity (Wildman–Crippen MR) is 78.1 cm³/mol. The van der Waals surface area contributed by atoms with Crippen molar-refractivity contribution < 1.29 is 4.74 Å². The number of aromatic nitrogens is 1. The number of aryl methyl sites for hydroxylation is 1. The zero-order valence-corrected chi connectivity index (χ0v) is 11.9. The molecule has 0 saturated carbocycles. The van der Waals surface area contributed by atoms with Crippen LogP contribution in [-0.4, -0.2) is 11.6 Å². The number of benzene rings is 1. The van der Waals surface area contributed by atoms with E-state index in [0.29, 0.717) is 34.2 Å².